The van der Waals surface area contributed by atoms with Crippen LogP contribution in [0.2, 0.25) is 0 Å². The zero-order valence-corrected chi connectivity index (χ0v) is 20.2. The molecule has 8 heteroatoms. The minimum Gasteiger partial charge on any atom is -0.508 e. The SMILES string of the molecule is O=[N+]([O-])c1ccc(Sc2nc(-c3ccccc3)cc(-c3ccccc3)n2)c(C=Nc2ccc(O)cc2)c1. The van der Waals surface area contributed by atoms with Crippen molar-refractivity contribution in [1.82, 2.24) is 9.97 Å². The normalized spacial score (nSPS) is 11.0. The fraction of sp³-hybridized carbons (Fsp3) is 0. The van der Waals surface area contributed by atoms with E-state index in [4.69, 9.17) is 9.97 Å². The second kappa shape index (κ2) is 10.8. The Balaban J connectivity index is 1.57. The summed E-state index contributed by atoms with van der Waals surface area (Å²) in [6.45, 7) is 0. The Bertz CT molecular complexity index is 1520. The van der Waals surface area contributed by atoms with Crippen LogP contribution in [0.15, 0.2) is 124 Å². The van der Waals surface area contributed by atoms with Gasteiger partial charge in [-0.1, -0.05) is 60.7 Å². The highest BCUT2D eigenvalue weighted by Crippen LogP contribution is 2.33. The second-order valence-electron chi connectivity index (χ2n) is 8.01. The second-order valence-corrected chi connectivity index (χ2v) is 9.02. The summed E-state index contributed by atoms with van der Waals surface area (Å²) in [6.07, 6.45) is 1.57. The number of non-ortho nitro benzene ring substituents is 1. The topological polar surface area (TPSA) is 102 Å². The predicted octanol–water partition coefficient (Wildman–Crippen LogP) is 7.33. The third kappa shape index (κ3) is 5.88. The maximum Gasteiger partial charge on any atom is 0.270 e. The number of phenols is 1. The summed E-state index contributed by atoms with van der Waals surface area (Å²) in [5.41, 5.74) is 4.59. The first kappa shape index (κ1) is 23.9. The zero-order chi connectivity index (χ0) is 25.6. The Labute approximate surface area is 217 Å². The van der Waals surface area contributed by atoms with Gasteiger partial charge in [-0.3, -0.25) is 15.1 Å². The molecule has 0 unspecified atom stereocenters. The first-order valence-electron chi connectivity index (χ1n) is 11.3. The van der Waals surface area contributed by atoms with E-state index in [1.54, 1.807) is 24.4 Å². The molecule has 37 heavy (non-hydrogen) atoms. The van der Waals surface area contributed by atoms with Crippen molar-refractivity contribution in [2.75, 3.05) is 0 Å². The first-order chi connectivity index (χ1) is 18.0. The van der Waals surface area contributed by atoms with Crippen molar-refractivity contribution in [2.24, 2.45) is 4.99 Å². The van der Waals surface area contributed by atoms with Gasteiger partial charge in [0.1, 0.15) is 5.75 Å². The number of rotatable bonds is 7. The summed E-state index contributed by atoms with van der Waals surface area (Å²) in [5.74, 6) is 0.134. The molecule has 0 radical (unpaired) electrons. The number of nitrogens with zero attached hydrogens (tertiary/aromatic N) is 4. The van der Waals surface area contributed by atoms with Gasteiger partial charge in [0, 0.05) is 39.9 Å². The maximum absolute atomic E-state index is 11.4. The van der Waals surface area contributed by atoms with Gasteiger partial charge in [0.2, 0.25) is 0 Å². The fourth-order valence-electron chi connectivity index (χ4n) is 3.61. The number of hydrogen-bond acceptors (Lipinski definition) is 7. The number of hydrogen-bond donors (Lipinski definition) is 1. The van der Waals surface area contributed by atoms with Gasteiger partial charge >= 0.3 is 0 Å². The van der Waals surface area contributed by atoms with E-state index in [0.717, 1.165) is 27.4 Å². The molecule has 0 spiro atoms. The molecule has 0 amide bonds. The lowest BCUT2D eigenvalue weighted by atomic mass is 10.1. The van der Waals surface area contributed by atoms with Crippen molar-refractivity contribution >= 4 is 29.4 Å². The van der Waals surface area contributed by atoms with Gasteiger partial charge in [-0.15, -0.1) is 0 Å². The van der Waals surface area contributed by atoms with E-state index in [-0.39, 0.29) is 11.4 Å². The number of aliphatic imine (C=N–C) groups is 1. The molecule has 0 aliphatic heterocycles. The van der Waals surface area contributed by atoms with Crippen molar-refractivity contribution in [3.05, 3.63) is 125 Å². The Kier molecular flexibility index (Phi) is 7.00. The smallest absolute Gasteiger partial charge is 0.270 e. The van der Waals surface area contributed by atoms with Crippen LogP contribution in [-0.4, -0.2) is 26.2 Å². The van der Waals surface area contributed by atoms with E-state index >= 15 is 0 Å². The lowest BCUT2D eigenvalue weighted by molar-refractivity contribution is -0.384. The van der Waals surface area contributed by atoms with Crippen LogP contribution in [0.3, 0.4) is 0 Å². The minimum absolute atomic E-state index is 0.0413. The van der Waals surface area contributed by atoms with E-state index in [9.17, 15) is 15.2 Å². The average Bonchev–Trinajstić information content (AvgIpc) is 2.94. The standard InChI is InChI=1S/C29H20N4O3S/c34-25-14-11-23(12-15-25)30-19-22-17-24(33(35)36)13-16-28(22)37-29-31-26(20-7-3-1-4-8-20)18-27(32-29)21-9-5-2-6-10-21/h1-19,34H. The van der Waals surface area contributed by atoms with Gasteiger partial charge in [0.15, 0.2) is 5.16 Å². The lowest BCUT2D eigenvalue weighted by Gasteiger charge is -2.10. The van der Waals surface area contributed by atoms with Gasteiger partial charge in [-0.25, -0.2) is 9.97 Å². The van der Waals surface area contributed by atoms with Crippen LogP contribution < -0.4 is 0 Å². The molecule has 1 heterocycles. The van der Waals surface area contributed by atoms with Crippen LogP contribution in [0.25, 0.3) is 22.5 Å². The monoisotopic (exact) mass is 504 g/mol. The number of benzene rings is 4. The number of nitro benzene ring substituents is 1. The number of aromatic nitrogens is 2. The number of aromatic hydroxyl groups is 1. The molecular formula is C29H20N4O3S. The summed E-state index contributed by atoms with van der Waals surface area (Å²) in [5, 5.41) is 21.5. The molecule has 7 nitrogen and oxygen atoms in total. The summed E-state index contributed by atoms with van der Waals surface area (Å²) in [6, 6.07) is 32.7. The van der Waals surface area contributed by atoms with E-state index in [1.807, 2.05) is 66.7 Å². The molecular weight excluding hydrogens is 484 g/mol. The predicted molar refractivity (Wildman–Crippen MR) is 145 cm³/mol. The largest absolute Gasteiger partial charge is 0.508 e. The first-order valence-corrected chi connectivity index (χ1v) is 12.2. The van der Waals surface area contributed by atoms with Crippen LogP contribution >= 0.6 is 11.8 Å². The van der Waals surface area contributed by atoms with E-state index in [0.29, 0.717) is 16.4 Å². The Morgan fingerprint density at radius 3 is 1.95 bits per heavy atom. The Hall–Kier alpha value is -4.82. The van der Waals surface area contributed by atoms with Crippen molar-refractivity contribution in [1.29, 1.82) is 0 Å². The molecule has 0 fully saturated rings. The molecule has 1 aromatic heterocycles. The summed E-state index contributed by atoms with van der Waals surface area (Å²) in [4.78, 5) is 25.8. The molecule has 5 rings (SSSR count). The number of nitro groups is 1. The highest BCUT2D eigenvalue weighted by Gasteiger charge is 2.14. The van der Waals surface area contributed by atoms with Gasteiger partial charge in [-0.05, 0) is 48.2 Å². The van der Waals surface area contributed by atoms with Crippen LogP contribution in [0, 0.1) is 10.1 Å². The molecule has 0 saturated heterocycles. The summed E-state index contributed by atoms with van der Waals surface area (Å²) in [7, 11) is 0. The Morgan fingerprint density at radius 1 is 0.784 bits per heavy atom. The van der Waals surface area contributed by atoms with Crippen molar-refractivity contribution in [3.8, 4) is 28.3 Å². The van der Waals surface area contributed by atoms with E-state index < -0.39 is 4.92 Å². The molecule has 0 bridgehead atoms. The molecule has 180 valence electrons. The molecule has 0 atom stereocenters. The third-order valence-corrected chi connectivity index (χ3v) is 6.41. The zero-order valence-electron chi connectivity index (χ0n) is 19.4. The third-order valence-electron chi connectivity index (χ3n) is 5.45. The van der Waals surface area contributed by atoms with Gasteiger partial charge in [-0.2, -0.15) is 0 Å². The summed E-state index contributed by atoms with van der Waals surface area (Å²) < 4.78 is 0. The maximum atomic E-state index is 11.4. The quantitative estimate of drug-likeness (QED) is 0.108. The van der Waals surface area contributed by atoms with Gasteiger partial charge in [0.25, 0.3) is 5.69 Å². The van der Waals surface area contributed by atoms with Gasteiger partial charge in [0.05, 0.1) is 22.0 Å². The molecule has 0 aliphatic carbocycles. The van der Waals surface area contributed by atoms with Crippen LogP contribution in [0.4, 0.5) is 11.4 Å². The molecule has 5 aromatic rings. The molecule has 4 aromatic carbocycles. The Morgan fingerprint density at radius 2 is 1.38 bits per heavy atom. The molecule has 0 aliphatic rings. The molecule has 1 N–H and O–H groups in total. The van der Waals surface area contributed by atoms with Crippen LogP contribution in [-0.2, 0) is 0 Å². The van der Waals surface area contributed by atoms with Crippen molar-refractivity contribution in [3.63, 3.8) is 0 Å². The van der Waals surface area contributed by atoms with Crippen LogP contribution in [0.1, 0.15) is 5.56 Å². The fourth-order valence-corrected chi connectivity index (χ4v) is 4.46. The van der Waals surface area contributed by atoms with E-state index in [2.05, 4.69) is 4.99 Å². The van der Waals surface area contributed by atoms with Crippen molar-refractivity contribution < 1.29 is 10.0 Å². The van der Waals surface area contributed by atoms with E-state index in [1.165, 1.54) is 36.0 Å². The lowest BCUT2D eigenvalue weighted by Crippen LogP contribution is -1.96. The minimum atomic E-state index is -0.438. The highest BCUT2D eigenvalue weighted by molar-refractivity contribution is 7.99. The van der Waals surface area contributed by atoms with Gasteiger partial charge < -0.3 is 5.11 Å². The summed E-state index contributed by atoms with van der Waals surface area (Å²) >= 11 is 1.31. The highest BCUT2D eigenvalue weighted by atomic mass is 32.2. The van der Waals surface area contributed by atoms with Crippen LogP contribution in [0.5, 0.6) is 5.75 Å². The average molecular weight is 505 g/mol. The molecule has 0 saturated carbocycles. The van der Waals surface area contributed by atoms with Crippen molar-refractivity contribution in [2.45, 2.75) is 10.1 Å². The number of phenolic OH excluding ortho intramolecular Hbond substituents is 1.